The van der Waals surface area contributed by atoms with E-state index in [1.54, 1.807) is 46.3 Å². The fourth-order valence-corrected chi connectivity index (χ4v) is 5.46. The minimum Gasteiger partial charge on any atom is -0.497 e. The highest BCUT2D eigenvalue weighted by Crippen LogP contribution is 2.47. The monoisotopic (exact) mass is 551 g/mol. The van der Waals surface area contributed by atoms with Crippen molar-refractivity contribution in [1.29, 1.82) is 0 Å². The van der Waals surface area contributed by atoms with Gasteiger partial charge in [-0.1, -0.05) is 42.1 Å². The van der Waals surface area contributed by atoms with Crippen LogP contribution in [0, 0.1) is 0 Å². The number of allylic oxidation sites excluding steroid dienone is 1. The van der Waals surface area contributed by atoms with Crippen LogP contribution in [0.5, 0.6) is 11.5 Å². The molecule has 0 spiro atoms. The van der Waals surface area contributed by atoms with Gasteiger partial charge < -0.3 is 28.7 Å². The molecule has 2 aromatic rings. The van der Waals surface area contributed by atoms with Gasteiger partial charge in [-0.3, -0.25) is 4.79 Å². The standard InChI is InChI=1S/C29H33N3O6S/c1-19-26(28(34)38-14-13-35-3)27(23-12-11-22(36-4)16-24(23)37-5)32-21(18-39-29(32)30-19)15-25(33)31(2)17-20-9-7-6-8-10-20/h6-12,16,18,27H,13-15,17H2,1-5H3/t27-/m1/s1. The second-order valence-corrected chi connectivity index (χ2v) is 9.88. The van der Waals surface area contributed by atoms with Gasteiger partial charge in [0.15, 0.2) is 5.17 Å². The molecule has 2 aliphatic heterocycles. The highest BCUT2D eigenvalue weighted by molar-refractivity contribution is 8.16. The van der Waals surface area contributed by atoms with Crippen molar-refractivity contribution in [3.63, 3.8) is 0 Å². The molecule has 1 atom stereocenters. The number of thioether (sulfide) groups is 1. The van der Waals surface area contributed by atoms with Crippen LogP contribution in [0.4, 0.5) is 0 Å². The van der Waals surface area contributed by atoms with E-state index in [0.717, 1.165) is 16.8 Å². The number of fused-ring (bicyclic) bond motifs is 1. The number of carbonyl (C=O) groups is 2. The second-order valence-electron chi connectivity index (χ2n) is 9.04. The van der Waals surface area contributed by atoms with Crippen LogP contribution < -0.4 is 9.47 Å². The molecule has 9 nitrogen and oxygen atoms in total. The summed E-state index contributed by atoms with van der Waals surface area (Å²) < 4.78 is 21.7. The number of nitrogens with zero attached hydrogens (tertiary/aromatic N) is 3. The number of hydrogen-bond acceptors (Lipinski definition) is 9. The van der Waals surface area contributed by atoms with E-state index in [2.05, 4.69) is 0 Å². The van der Waals surface area contributed by atoms with Crippen molar-refractivity contribution >= 4 is 28.8 Å². The largest absolute Gasteiger partial charge is 0.497 e. The lowest BCUT2D eigenvalue weighted by Gasteiger charge is -2.37. The minimum absolute atomic E-state index is 0.0529. The van der Waals surface area contributed by atoms with E-state index < -0.39 is 12.0 Å². The zero-order chi connectivity index (χ0) is 27.9. The number of ether oxygens (including phenoxy) is 4. The third-order valence-electron chi connectivity index (χ3n) is 6.50. The molecule has 2 heterocycles. The molecule has 39 heavy (non-hydrogen) atoms. The van der Waals surface area contributed by atoms with Gasteiger partial charge >= 0.3 is 5.97 Å². The van der Waals surface area contributed by atoms with E-state index in [4.69, 9.17) is 23.9 Å². The molecule has 0 saturated carbocycles. The molecule has 0 saturated heterocycles. The summed E-state index contributed by atoms with van der Waals surface area (Å²) in [6, 6.07) is 14.7. The molecule has 0 aromatic heterocycles. The molecule has 0 bridgehead atoms. The van der Waals surface area contributed by atoms with Gasteiger partial charge in [0.1, 0.15) is 18.1 Å². The smallest absolute Gasteiger partial charge is 0.338 e. The average molecular weight is 552 g/mol. The zero-order valence-corrected chi connectivity index (χ0v) is 23.6. The summed E-state index contributed by atoms with van der Waals surface area (Å²) >= 11 is 1.42. The summed E-state index contributed by atoms with van der Waals surface area (Å²) in [6.45, 7) is 2.66. The Kier molecular flexibility index (Phi) is 9.32. The third-order valence-corrected chi connectivity index (χ3v) is 7.39. The van der Waals surface area contributed by atoms with E-state index in [-0.39, 0.29) is 25.5 Å². The summed E-state index contributed by atoms with van der Waals surface area (Å²) in [5.41, 5.74) is 3.42. The lowest BCUT2D eigenvalue weighted by Crippen LogP contribution is -2.38. The molecule has 0 aliphatic carbocycles. The number of carbonyl (C=O) groups excluding carboxylic acids is 2. The molecule has 0 radical (unpaired) electrons. The molecule has 2 aliphatic rings. The van der Waals surface area contributed by atoms with Gasteiger partial charge in [-0.2, -0.15) is 0 Å². The normalized spacial score (nSPS) is 16.3. The number of methoxy groups -OCH3 is 3. The minimum atomic E-state index is -0.623. The first-order chi connectivity index (χ1) is 18.9. The van der Waals surface area contributed by atoms with Gasteiger partial charge in [0.25, 0.3) is 0 Å². The van der Waals surface area contributed by atoms with E-state index in [1.807, 2.05) is 52.8 Å². The highest BCUT2D eigenvalue weighted by Gasteiger charge is 2.42. The predicted octanol–water partition coefficient (Wildman–Crippen LogP) is 4.52. The van der Waals surface area contributed by atoms with Crippen LogP contribution in [-0.4, -0.2) is 68.4 Å². The number of rotatable bonds is 11. The fourth-order valence-electron chi connectivity index (χ4n) is 4.50. The quantitative estimate of drug-likeness (QED) is 0.298. The SMILES string of the molecule is COCCOC(=O)C1=C(C)N=C2SC=C(CC(=O)N(C)Cc3ccccc3)N2[C@@H]1c1ccc(OC)cc1OC. The number of hydrogen-bond donors (Lipinski definition) is 0. The van der Waals surface area contributed by atoms with E-state index in [0.29, 0.717) is 34.5 Å². The van der Waals surface area contributed by atoms with Crippen LogP contribution >= 0.6 is 11.8 Å². The van der Waals surface area contributed by atoms with Crippen LogP contribution in [0.3, 0.4) is 0 Å². The first kappa shape index (κ1) is 28.3. The van der Waals surface area contributed by atoms with Crippen molar-refractivity contribution in [2.24, 2.45) is 4.99 Å². The van der Waals surface area contributed by atoms with E-state index >= 15 is 0 Å². The number of amides is 1. The van der Waals surface area contributed by atoms with Crippen LogP contribution in [0.25, 0.3) is 0 Å². The van der Waals surface area contributed by atoms with E-state index in [1.165, 1.54) is 11.8 Å². The lowest BCUT2D eigenvalue weighted by molar-refractivity contribution is -0.141. The summed E-state index contributed by atoms with van der Waals surface area (Å²) in [6.07, 6.45) is 0.134. The first-order valence-electron chi connectivity index (χ1n) is 12.5. The highest BCUT2D eigenvalue weighted by atomic mass is 32.2. The molecule has 0 fully saturated rings. The summed E-state index contributed by atoms with van der Waals surface area (Å²) in [7, 11) is 6.49. The van der Waals surface area contributed by atoms with Gasteiger partial charge in [-0.05, 0) is 30.0 Å². The molecule has 4 rings (SSSR count). The third kappa shape index (κ3) is 6.29. The number of benzene rings is 2. The Morgan fingerprint density at radius 3 is 2.51 bits per heavy atom. The van der Waals surface area contributed by atoms with Crippen LogP contribution in [0.1, 0.15) is 30.5 Å². The molecule has 206 valence electrons. The number of aliphatic imine (C=N–C) groups is 1. The molecule has 0 N–H and O–H groups in total. The van der Waals surface area contributed by atoms with Gasteiger partial charge in [0, 0.05) is 38.0 Å². The molecule has 2 aromatic carbocycles. The van der Waals surface area contributed by atoms with E-state index in [9.17, 15) is 9.59 Å². The maximum Gasteiger partial charge on any atom is 0.338 e. The Morgan fingerprint density at radius 2 is 1.82 bits per heavy atom. The summed E-state index contributed by atoms with van der Waals surface area (Å²) in [4.78, 5) is 35.1. The van der Waals surface area contributed by atoms with Crippen LogP contribution in [-0.2, 0) is 25.6 Å². The Bertz CT molecular complexity index is 1310. The van der Waals surface area contributed by atoms with Gasteiger partial charge in [-0.15, -0.1) is 0 Å². The zero-order valence-electron chi connectivity index (χ0n) is 22.8. The maximum absolute atomic E-state index is 13.4. The molecule has 10 heteroatoms. The predicted molar refractivity (Wildman–Crippen MR) is 150 cm³/mol. The molecular formula is C29H33N3O6S. The number of esters is 1. The molecule has 1 amide bonds. The Balaban J connectivity index is 1.68. The van der Waals surface area contributed by atoms with Crippen molar-refractivity contribution < 1.29 is 28.5 Å². The summed E-state index contributed by atoms with van der Waals surface area (Å²) in [5.74, 6) is 0.607. The second kappa shape index (κ2) is 12.9. The van der Waals surface area contributed by atoms with Gasteiger partial charge in [0.05, 0.1) is 44.6 Å². The Labute approximate surface area is 233 Å². The van der Waals surface area contributed by atoms with Crippen molar-refractivity contribution in [1.82, 2.24) is 9.80 Å². The molecule has 0 unspecified atom stereocenters. The topological polar surface area (TPSA) is 89.9 Å². The Hall–Kier alpha value is -3.76. The van der Waals surface area contributed by atoms with Crippen LogP contribution in [0.15, 0.2) is 75.9 Å². The van der Waals surface area contributed by atoms with Gasteiger partial charge in [-0.25, -0.2) is 9.79 Å². The summed E-state index contributed by atoms with van der Waals surface area (Å²) in [5, 5.41) is 2.60. The number of amidine groups is 1. The van der Waals surface area contributed by atoms with Crippen molar-refractivity contribution in [2.75, 3.05) is 41.6 Å². The molecular weight excluding hydrogens is 518 g/mol. The fraction of sp³-hybridized carbons (Fsp3) is 0.345. The van der Waals surface area contributed by atoms with Crippen molar-refractivity contribution in [3.05, 3.63) is 82.0 Å². The van der Waals surface area contributed by atoms with Crippen molar-refractivity contribution in [2.45, 2.75) is 25.9 Å². The first-order valence-corrected chi connectivity index (χ1v) is 13.4. The average Bonchev–Trinajstić information content (AvgIpc) is 3.34. The van der Waals surface area contributed by atoms with Gasteiger partial charge in [0.2, 0.25) is 5.91 Å². The van der Waals surface area contributed by atoms with Crippen molar-refractivity contribution in [3.8, 4) is 11.5 Å². The Morgan fingerprint density at radius 1 is 1.05 bits per heavy atom. The van der Waals surface area contributed by atoms with Crippen LogP contribution in [0.2, 0.25) is 0 Å². The lowest BCUT2D eigenvalue weighted by atomic mass is 9.93. The maximum atomic E-state index is 13.4.